The summed E-state index contributed by atoms with van der Waals surface area (Å²) in [6.07, 6.45) is 0.476. The van der Waals surface area contributed by atoms with Crippen LogP contribution in [0.2, 0.25) is 0 Å². The zero-order valence-corrected chi connectivity index (χ0v) is 10.1. The summed E-state index contributed by atoms with van der Waals surface area (Å²) in [5.74, 6) is -1.23. The van der Waals surface area contributed by atoms with Crippen molar-refractivity contribution in [1.29, 1.82) is 0 Å². The molecule has 0 unspecified atom stereocenters. The molecule has 4 N–H and O–H groups in total. The average molecular weight is 245 g/mol. The zero-order valence-electron chi connectivity index (χ0n) is 10.1. The quantitative estimate of drug-likeness (QED) is 0.492. The number of urea groups is 1. The average Bonchev–Trinajstić information content (AvgIpc) is 2.25. The van der Waals surface area contributed by atoms with Crippen LogP contribution in [0.15, 0.2) is 0 Å². The van der Waals surface area contributed by atoms with Crippen molar-refractivity contribution in [2.75, 3.05) is 13.1 Å². The molecule has 0 aromatic carbocycles. The van der Waals surface area contributed by atoms with Crippen LogP contribution in [0.5, 0.6) is 0 Å². The van der Waals surface area contributed by atoms with Gasteiger partial charge in [-0.1, -0.05) is 6.92 Å². The molecule has 3 amide bonds. The van der Waals surface area contributed by atoms with Crippen molar-refractivity contribution >= 4 is 17.9 Å². The first-order valence-electron chi connectivity index (χ1n) is 5.55. The smallest absolute Gasteiger partial charge is 0.326 e. The lowest BCUT2D eigenvalue weighted by Crippen LogP contribution is -2.46. The van der Waals surface area contributed by atoms with Crippen LogP contribution in [0, 0.1) is 0 Å². The number of carbonyl (C=O) groups is 3. The molecule has 0 aliphatic rings. The molecular formula is C10H19N3O4. The van der Waals surface area contributed by atoms with E-state index in [9.17, 15) is 14.4 Å². The first-order valence-corrected chi connectivity index (χ1v) is 5.55. The predicted octanol–water partition coefficient (Wildman–Crippen LogP) is -0.325. The lowest BCUT2D eigenvalue weighted by molar-refractivity contribution is -0.139. The van der Waals surface area contributed by atoms with Crippen molar-refractivity contribution in [3.63, 3.8) is 0 Å². The van der Waals surface area contributed by atoms with Crippen molar-refractivity contribution in [2.24, 2.45) is 0 Å². The number of amides is 3. The van der Waals surface area contributed by atoms with Crippen LogP contribution in [0.1, 0.15) is 26.7 Å². The third kappa shape index (κ3) is 7.15. The summed E-state index contributed by atoms with van der Waals surface area (Å²) < 4.78 is 0. The van der Waals surface area contributed by atoms with E-state index in [0.717, 1.165) is 0 Å². The second-order valence-electron chi connectivity index (χ2n) is 3.40. The standard InChI is InChI=1S/C10H19N3O4/c1-3-7(9(15)16)13-10(17)12-6-5-8(14)11-4-2/h7H,3-6H2,1-2H3,(H,11,14)(H,15,16)(H2,12,13,17)/t7-/m0/s1. The van der Waals surface area contributed by atoms with Gasteiger partial charge in [-0.2, -0.15) is 0 Å². The lowest BCUT2D eigenvalue weighted by Gasteiger charge is -2.12. The third-order valence-electron chi connectivity index (χ3n) is 2.02. The van der Waals surface area contributed by atoms with Gasteiger partial charge < -0.3 is 21.1 Å². The molecule has 0 saturated carbocycles. The molecule has 98 valence electrons. The molecule has 0 aliphatic carbocycles. The third-order valence-corrected chi connectivity index (χ3v) is 2.02. The van der Waals surface area contributed by atoms with Crippen LogP contribution < -0.4 is 16.0 Å². The van der Waals surface area contributed by atoms with E-state index in [1.54, 1.807) is 13.8 Å². The molecule has 7 nitrogen and oxygen atoms in total. The van der Waals surface area contributed by atoms with Gasteiger partial charge in [-0.3, -0.25) is 4.79 Å². The molecule has 0 aromatic heterocycles. The van der Waals surface area contributed by atoms with E-state index in [1.165, 1.54) is 0 Å². The summed E-state index contributed by atoms with van der Waals surface area (Å²) in [6, 6.07) is -1.48. The van der Waals surface area contributed by atoms with Gasteiger partial charge in [0.15, 0.2) is 0 Å². The number of carboxylic acids is 1. The maximum Gasteiger partial charge on any atom is 0.326 e. The summed E-state index contributed by atoms with van der Waals surface area (Å²) >= 11 is 0. The Labute approximate surface area is 100.0 Å². The molecule has 1 atom stereocenters. The molecule has 0 radical (unpaired) electrons. The van der Waals surface area contributed by atoms with E-state index in [-0.39, 0.29) is 18.9 Å². The van der Waals surface area contributed by atoms with Gasteiger partial charge in [-0.05, 0) is 13.3 Å². The van der Waals surface area contributed by atoms with E-state index in [2.05, 4.69) is 16.0 Å². The van der Waals surface area contributed by atoms with Gasteiger partial charge >= 0.3 is 12.0 Å². The maximum atomic E-state index is 11.2. The fraction of sp³-hybridized carbons (Fsp3) is 0.700. The molecule has 0 aliphatic heterocycles. The highest BCUT2D eigenvalue weighted by Crippen LogP contribution is 1.90. The van der Waals surface area contributed by atoms with Crippen LogP contribution in [-0.2, 0) is 9.59 Å². The Bertz CT molecular complexity index is 281. The monoisotopic (exact) mass is 245 g/mol. The normalized spacial score (nSPS) is 11.4. The van der Waals surface area contributed by atoms with Crippen LogP contribution in [-0.4, -0.2) is 42.1 Å². The Morgan fingerprint density at radius 1 is 1.18 bits per heavy atom. The summed E-state index contributed by atoms with van der Waals surface area (Å²) in [5.41, 5.74) is 0. The Hall–Kier alpha value is -1.79. The van der Waals surface area contributed by atoms with Crippen molar-refractivity contribution in [1.82, 2.24) is 16.0 Å². The van der Waals surface area contributed by atoms with Gasteiger partial charge in [0, 0.05) is 19.5 Å². The molecule has 0 fully saturated rings. The van der Waals surface area contributed by atoms with E-state index >= 15 is 0 Å². The summed E-state index contributed by atoms with van der Waals surface area (Å²) in [7, 11) is 0. The van der Waals surface area contributed by atoms with E-state index < -0.39 is 18.0 Å². The SMILES string of the molecule is CCNC(=O)CCNC(=O)N[C@@H](CC)C(=O)O. The molecule has 0 heterocycles. The molecule has 0 saturated heterocycles. The fourth-order valence-electron chi connectivity index (χ4n) is 1.12. The summed E-state index contributed by atoms with van der Waals surface area (Å²) in [5, 5.41) is 16.0. The van der Waals surface area contributed by atoms with E-state index in [4.69, 9.17) is 5.11 Å². The highest BCUT2D eigenvalue weighted by molar-refractivity contribution is 5.83. The second kappa shape index (κ2) is 8.37. The Morgan fingerprint density at radius 3 is 2.29 bits per heavy atom. The highest BCUT2D eigenvalue weighted by Gasteiger charge is 2.16. The largest absolute Gasteiger partial charge is 0.480 e. The Morgan fingerprint density at radius 2 is 1.82 bits per heavy atom. The minimum absolute atomic E-state index is 0.155. The molecule has 0 aromatic rings. The highest BCUT2D eigenvalue weighted by atomic mass is 16.4. The molecular weight excluding hydrogens is 226 g/mol. The van der Waals surface area contributed by atoms with Gasteiger partial charge in [0.2, 0.25) is 5.91 Å². The second-order valence-corrected chi connectivity index (χ2v) is 3.40. The number of carbonyl (C=O) groups excluding carboxylic acids is 2. The molecule has 0 rings (SSSR count). The number of rotatable bonds is 7. The molecule has 7 heteroatoms. The summed E-state index contributed by atoms with van der Waals surface area (Å²) in [6.45, 7) is 4.18. The molecule has 17 heavy (non-hydrogen) atoms. The fourth-order valence-corrected chi connectivity index (χ4v) is 1.12. The zero-order chi connectivity index (χ0) is 13.3. The van der Waals surface area contributed by atoms with Gasteiger partial charge in [0.25, 0.3) is 0 Å². The summed E-state index contributed by atoms with van der Waals surface area (Å²) in [4.78, 5) is 32.9. The van der Waals surface area contributed by atoms with Crippen LogP contribution >= 0.6 is 0 Å². The molecule has 0 spiro atoms. The number of aliphatic carboxylic acids is 1. The maximum absolute atomic E-state index is 11.2. The predicted molar refractivity (Wildman–Crippen MR) is 61.5 cm³/mol. The Kier molecular flexibility index (Phi) is 7.49. The van der Waals surface area contributed by atoms with Gasteiger partial charge in [-0.25, -0.2) is 9.59 Å². The Balaban J connectivity index is 3.79. The van der Waals surface area contributed by atoms with Gasteiger partial charge in [0.05, 0.1) is 0 Å². The first-order chi connectivity index (χ1) is 8.01. The minimum Gasteiger partial charge on any atom is -0.480 e. The minimum atomic E-state index is -1.08. The van der Waals surface area contributed by atoms with Gasteiger partial charge in [0.1, 0.15) is 6.04 Å². The molecule has 0 bridgehead atoms. The van der Waals surface area contributed by atoms with Crippen molar-refractivity contribution in [3.8, 4) is 0 Å². The number of hydrogen-bond acceptors (Lipinski definition) is 3. The van der Waals surface area contributed by atoms with Crippen LogP contribution in [0.3, 0.4) is 0 Å². The van der Waals surface area contributed by atoms with Crippen LogP contribution in [0.25, 0.3) is 0 Å². The van der Waals surface area contributed by atoms with E-state index in [0.29, 0.717) is 13.0 Å². The van der Waals surface area contributed by atoms with Crippen molar-refractivity contribution in [3.05, 3.63) is 0 Å². The number of hydrogen-bond donors (Lipinski definition) is 4. The number of carboxylic acid groups (broad SMARTS) is 1. The van der Waals surface area contributed by atoms with Crippen molar-refractivity contribution in [2.45, 2.75) is 32.7 Å². The topological polar surface area (TPSA) is 108 Å². The number of nitrogens with one attached hydrogen (secondary N) is 3. The van der Waals surface area contributed by atoms with E-state index in [1.807, 2.05) is 0 Å². The van der Waals surface area contributed by atoms with Crippen molar-refractivity contribution < 1.29 is 19.5 Å². The first kappa shape index (κ1) is 15.2. The lowest BCUT2D eigenvalue weighted by atomic mass is 10.2. The van der Waals surface area contributed by atoms with Crippen LogP contribution in [0.4, 0.5) is 4.79 Å². The van der Waals surface area contributed by atoms with Gasteiger partial charge in [-0.15, -0.1) is 0 Å².